The monoisotopic (exact) mass is 297 g/mol. The smallest absolute Gasteiger partial charge is 0.136 e. The van der Waals surface area contributed by atoms with Crippen LogP contribution in [0.2, 0.25) is 0 Å². The Morgan fingerprint density at radius 1 is 1.41 bits per heavy atom. The molecule has 17 heavy (non-hydrogen) atoms. The molecule has 0 aliphatic rings. The first-order valence-corrected chi connectivity index (χ1v) is 6.16. The molecule has 0 aliphatic heterocycles. The van der Waals surface area contributed by atoms with Crippen LogP contribution in [0.5, 0.6) is 0 Å². The Hall–Kier alpha value is -1.36. The van der Waals surface area contributed by atoms with E-state index < -0.39 is 0 Å². The number of anilines is 1. The maximum absolute atomic E-state index is 12.9. The van der Waals surface area contributed by atoms with Crippen molar-refractivity contribution in [1.29, 1.82) is 0 Å². The van der Waals surface area contributed by atoms with Crippen molar-refractivity contribution in [2.75, 3.05) is 5.73 Å². The predicted molar refractivity (Wildman–Crippen MR) is 69.2 cm³/mol. The van der Waals surface area contributed by atoms with Crippen molar-refractivity contribution in [3.8, 4) is 0 Å². The normalized spacial score (nSPS) is 12.6. The van der Waals surface area contributed by atoms with Crippen molar-refractivity contribution in [3.05, 3.63) is 46.3 Å². The fourth-order valence-corrected chi connectivity index (χ4v) is 2.11. The number of nitrogens with two attached hydrogens (primary N) is 1. The lowest BCUT2D eigenvalue weighted by Crippen LogP contribution is -2.13. The zero-order chi connectivity index (χ0) is 12.4. The van der Waals surface area contributed by atoms with E-state index in [2.05, 4.69) is 21.0 Å². The van der Waals surface area contributed by atoms with Crippen LogP contribution in [0.3, 0.4) is 0 Å². The third-order valence-corrected chi connectivity index (χ3v) is 3.33. The van der Waals surface area contributed by atoms with Crippen LogP contribution in [0.15, 0.2) is 34.9 Å². The molecule has 0 aliphatic carbocycles. The van der Waals surface area contributed by atoms with Gasteiger partial charge in [-0.3, -0.25) is 0 Å². The molecule has 0 spiro atoms. The summed E-state index contributed by atoms with van der Waals surface area (Å²) in [6.45, 7) is 2.04. The molecule has 0 saturated carbocycles. The van der Waals surface area contributed by atoms with Gasteiger partial charge in [-0.15, -0.1) is 0 Å². The number of hydrogen-bond acceptors (Lipinski definition) is 2. The van der Waals surface area contributed by atoms with Crippen molar-refractivity contribution in [2.24, 2.45) is 0 Å². The van der Waals surface area contributed by atoms with Gasteiger partial charge in [-0.25, -0.2) is 9.07 Å². The average molecular weight is 298 g/mol. The van der Waals surface area contributed by atoms with Gasteiger partial charge >= 0.3 is 0 Å². The van der Waals surface area contributed by atoms with Gasteiger partial charge in [-0.1, -0.05) is 19.1 Å². The van der Waals surface area contributed by atoms with E-state index in [1.165, 1.54) is 12.1 Å². The zero-order valence-corrected chi connectivity index (χ0v) is 11.0. The number of benzene rings is 1. The van der Waals surface area contributed by atoms with E-state index in [-0.39, 0.29) is 11.9 Å². The lowest BCUT2D eigenvalue weighted by atomic mass is 10.0. The summed E-state index contributed by atoms with van der Waals surface area (Å²) in [4.78, 5) is 0. The van der Waals surface area contributed by atoms with Crippen molar-refractivity contribution < 1.29 is 4.39 Å². The lowest BCUT2D eigenvalue weighted by molar-refractivity contribution is 0.514. The van der Waals surface area contributed by atoms with E-state index in [0.29, 0.717) is 5.82 Å². The topological polar surface area (TPSA) is 43.8 Å². The Morgan fingerprint density at radius 3 is 2.53 bits per heavy atom. The first-order chi connectivity index (χ1) is 8.13. The highest BCUT2D eigenvalue weighted by Gasteiger charge is 2.16. The van der Waals surface area contributed by atoms with Crippen LogP contribution >= 0.6 is 15.9 Å². The van der Waals surface area contributed by atoms with Gasteiger partial charge in [0, 0.05) is 0 Å². The first-order valence-electron chi connectivity index (χ1n) is 5.37. The highest BCUT2D eigenvalue weighted by atomic mass is 79.9. The second-order valence-electron chi connectivity index (χ2n) is 3.80. The number of rotatable bonds is 3. The number of nitrogen functional groups attached to an aromatic ring is 1. The fourth-order valence-electron chi connectivity index (χ4n) is 1.83. The number of aromatic nitrogens is 2. The zero-order valence-electron chi connectivity index (χ0n) is 9.40. The molecule has 3 nitrogen and oxygen atoms in total. The van der Waals surface area contributed by atoms with Gasteiger partial charge in [0.15, 0.2) is 0 Å². The van der Waals surface area contributed by atoms with Crippen molar-refractivity contribution in [1.82, 2.24) is 9.78 Å². The summed E-state index contributed by atoms with van der Waals surface area (Å²) >= 11 is 3.33. The molecule has 1 aromatic carbocycles. The summed E-state index contributed by atoms with van der Waals surface area (Å²) in [5, 5.41) is 4.24. The van der Waals surface area contributed by atoms with Gasteiger partial charge in [-0.2, -0.15) is 5.10 Å². The fraction of sp³-hybridized carbons (Fsp3) is 0.250. The predicted octanol–water partition coefficient (Wildman–Crippen LogP) is 3.37. The minimum absolute atomic E-state index is 0.0295. The molecule has 0 bridgehead atoms. The molecule has 5 heteroatoms. The first kappa shape index (κ1) is 12.1. The Bertz CT molecular complexity index is 507. The third-order valence-electron chi connectivity index (χ3n) is 2.72. The van der Waals surface area contributed by atoms with Gasteiger partial charge in [0.05, 0.1) is 16.7 Å². The average Bonchev–Trinajstić information content (AvgIpc) is 2.65. The Balaban J connectivity index is 2.40. The van der Waals surface area contributed by atoms with Gasteiger partial charge in [0.25, 0.3) is 0 Å². The van der Waals surface area contributed by atoms with E-state index >= 15 is 0 Å². The minimum atomic E-state index is -0.238. The second-order valence-corrected chi connectivity index (χ2v) is 4.65. The number of nitrogens with zero attached hydrogens (tertiary/aromatic N) is 2. The van der Waals surface area contributed by atoms with Gasteiger partial charge in [0.2, 0.25) is 0 Å². The number of halogens is 2. The maximum atomic E-state index is 12.9. The molecule has 0 fully saturated rings. The summed E-state index contributed by atoms with van der Waals surface area (Å²) in [7, 11) is 0. The van der Waals surface area contributed by atoms with E-state index in [1.54, 1.807) is 23.0 Å². The standard InChI is InChI=1S/C12H13BrFN3/c1-2-11(8-3-5-9(14)6-4-8)17-12(15)10(13)7-16-17/h3-7,11H,2,15H2,1H3. The lowest BCUT2D eigenvalue weighted by Gasteiger charge is -2.17. The molecule has 0 amide bonds. The highest BCUT2D eigenvalue weighted by molar-refractivity contribution is 9.10. The molecule has 0 saturated heterocycles. The molecule has 0 radical (unpaired) electrons. The number of hydrogen-bond donors (Lipinski definition) is 1. The van der Waals surface area contributed by atoms with E-state index in [9.17, 15) is 4.39 Å². The van der Waals surface area contributed by atoms with E-state index in [4.69, 9.17) is 5.73 Å². The maximum Gasteiger partial charge on any atom is 0.136 e. The van der Waals surface area contributed by atoms with Crippen LogP contribution in [0.4, 0.5) is 10.2 Å². The van der Waals surface area contributed by atoms with E-state index in [1.807, 2.05) is 6.92 Å². The van der Waals surface area contributed by atoms with Gasteiger partial charge in [0.1, 0.15) is 11.6 Å². The summed E-state index contributed by atoms with van der Waals surface area (Å²) < 4.78 is 15.4. The third kappa shape index (κ3) is 2.34. The molecule has 1 atom stereocenters. The molecule has 2 rings (SSSR count). The van der Waals surface area contributed by atoms with Crippen molar-refractivity contribution >= 4 is 21.7 Å². The molecule has 2 N–H and O–H groups in total. The van der Waals surface area contributed by atoms with Crippen LogP contribution in [-0.4, -0.2) is 9.78 Å². The van der Waals surface area contributed by atoms with E-state index in [0.717, 1.165) is 16.5 Å². The van der Waals surface area contributed by atoms with Crippen molar-refractivity contribution in [3.63, 3.8) is 0 Å². The van der Waals surface area contributed by atoms with Crippen LogP contribution in [-0.2, 0) is 0 Å². The van der Waals surface area contributed by atoms with Gasteiger partial charge < -0.3 is 5.73 Å². The Morgan fingerprint density at radius 2 is 2.06 bits per heavy atom. The van der Waals surface area contributed by atoms with Gasteiger partial charge in [-0.05, 0) is 40.0 Å². The Labute approximate surface area is 108 Å². The molecule has 2 aromatic rings. The summed E-state index contributed by atoms with van der Waals surface area (Å²) in [5.74, 6) is 0.347. The highest BCUT2D eigenvalue weighted by Crippen LogP contribution is 2.28. The summed E-state index contributed by atoms with van der Waals surface area (Å²) in [6, 6.07) is 6.46. The Kier molecular flexibility index (Phi) is 3.47. The van der Waals surface area contributed by atoms with Crippen LogP contribution < -0.4 is 5.73 Å². The molecular weight excluding hydrogens is 285 g/mol. The largest absolute Gasteiger partial charge is 0.383 e. The van der Waals surface area contributed by atoms with Crippen molar-refractivity contribution in [2.45, 2.75) is 19.4 Å². The van der Waals surface area contributed by atoms with Crippen LogP contribution in [0.1, 0.15) is 24.9 Å². The molecule has 1 aromatic heterocycles. The van der Waals surface area contributed by atoms with Crippen LogP contribution in [0, 0.1) is 5.82 Å². The quantitative estimate of drug-likeness (QED) is 0.944. The minimum Gasteiger partial charge on any atom is -0.383 e. The molecular formula is C12H13BrFN3. The molecule has 1 unspecified atom stereocenters. The summed E-state index contributed by atoms with van der Waals surface area (Å²) in [6.07, 6.45) is 2.51. The molecule has 1 heterocycles. The molecule has 90 valence electrons. The SMILES string of the molecule is CCC(c1ccc(F)cc1)n1ncc(Br)c1N. The van der Waals surface area contributed by atoms with Crippen LogP contribution in [0.25, 0.3) is 0 Å². The summed E-state index contributed by atoms with van der Waals surface area (Å²) in [5.41, 5.74) is 6.92. The second kappa shape index (κ2) is 4.87.